The van der Waals surface area contributed by atoms with Gasteiger partial charge in [-0.1, -0.05) is 121 Å². The summed E-state index contributed by atoms with van der Waals surface area (Å²) in [7, 11) is -4.53. The number of fused-ring (bicyclic) bond motifs is 1. The van der Waals surface area contributed by atoms with Gasteiger partial charge in [0.1, 0.15) is 10.1 Å². The predicted octanol–water partition coefficient (Wildman–Crippen LogP) is 5.33. The largest absolute Gasteiger partial charge is 1.00 e. The molecule has 0 amide bonds. The SMILES string of the molecule is CCCCCCCCCc1ccc2cccc(CCCCCCCCC)c2c1S(=O)(=O)[O-].[K+]. The summed E-state index contributed by atoms with van der Waals surface area (Å²) in [5.41, 5.74) is 1.71. The van der Waals surface area contributed by atoms with Crippen molar-refractivity contribution in [3.05, 3.63) is 41.5 Å². The second-order valence-electron chi connectivity index (χ2n) is 9.27. The molecule has 0 fully saturated rings. The van der Waals surface area contributed by atoms with Crippen molar-refractivity contribution in [3.8, 4) is 0 Å². The standard InChI is InChI=1S/C28H44O3S.K/c1-3-5-7-9-11-13-15-18-24-20-17-21-25-22-23-26(28(27(24)25)32(29,30)31)19-16-14-12-10-8-6-4-2;/h17,20-23H,3-16,18-19H2,1-2H3,(H,29,30,31);/q;+1/p-1. The fourth-order valence-corrected chi connectivity index (χ4v) is 5.69. The van der Waals surface area contributed by atoms with E-state index < -0.39 is 10.1 Å². The Bertz CT molecular complexity index is 909. The molecule has 2 aromatic carbocycles. The van der Waals surface area contributed by atoms with Gasteiger partial charge < -0.3 is 4.55 Å². The molecule has 180 valence electrons. The number of hydrogen-bond donors (Lipinski definition) is 0. The van der Waals surface area contributed by atoms with Gasteiger partial charge in [0.25, 0.3) is 0 Å². The molecule has 0 saturated heterocycles. The van der Waals surface area contributed by atoms with E-state index in [1.54, 1.807) is 0 Å². The maximum absolute atomic E-state index is 12.3. The Morgan fingerprint density at radius 2 is 1.12 bits per heavy atom. The van der Waals surface area contributed by atoms with E-state index in [-0.39, 0.29) is 56.3 Å². The van der Waals surface area contributed by atoms with Gasteiger partial charge in [0.2, 0.25) is 0 Å². The molecular weight excluding hydrogens is 455 g/mol. The van der Waals surface area contributed by atoms with Crippen LogP contribution >= 0.6 is 0 Å². The summed E-state index contributed by atoms with van der Waals surface area (Å²) in [4.78, 5) is 0.0412. The van der Waals surface area contributed by atoms with Gasteiger partial charge in [0.05, 0.1) is 4.90 Å². The van der Waals surface area contributed by atoms with Crippen molar-refractivity contribution in [2.75, 3.05) is 0 Å². The van der Waals surface area contributed by atoms with Gasteiger partial charge in [-0.05, 0) is 42.2 Å². The van der Waals surface area contributed by atoms with Crippen molar-refractivity contribution in [2.24, 2.45) is 0 Å². The molecule has 0 aromatic heterocycles. The molecule has 0 bridgehead atoms. The summed E-state index contributed by atoms with van der Waals surface area (Å²) < 4.78 is 37.0. The van der Waals surface area contributed by atoms with Crippen molar-refractivity contribution in [3.63, 3.8) is 0 Å². The average molecular weight is 499 g/mol. The zero-order valence-corrected chi connectivity index (χ0v) is 25.3. The van der Waals surface area contributed by atoms with Crippen LogP contribution in [0.2, 0.25) is 0 Å². The van der Waals surface area contributed by atoms with Crippen molar-refractivity contribution in [2.45, 2.75) is 121 Å². The van der Waals surface area contributed by atoms with E-state index in [9.17, 15) is 13.0 Å². The van der Waals surface area contributed by atoms with Crippen molar-refractivity contribution in [1.29, 1.82) is 0 Å². The fourth-order valence-electron chi connectivity index (χ4n) is 4.70. The van der Waals surface area contributed by atoms with Crippen LogP contribution in [0.1, 0.15) is 115 Å². The maximum Gasteiger partial charge on any atom is 1.00 e. The van der Waals surface area contributed by atoms with Gasteiger partial charge in [-0.2, -0.15) is 0 Å². The van der Waals surface area contributed by atoms with Crippen LogP contribution in [0.25, 0.3) is 10.8 Å². The first kappa shape index (κ1) is 31.3. The molecule has 0 saturated carbocycles. The first-order valence-corrected chi connectivity index (χ1v) is 14.4. The summed E-state index contributed by atoms with van der Waals surface area (Å²) >= 11 is 0. The molecule has 0 radical (unpaired) electrons. The molecule has 0 aliphatic carbocycles. The number of unbranched alkanes of at least 4 members (excludes halogenated alkanes) is 12. The Hall–Kier alpha value is 0.246. The summed E-state index contributed by atoms with van der Waals surface area (Å²) in [5.74, 6) is 0. The van der Waals surface area contributed by atoms with Crippen molar-refractivity contribution in [1.82, 2.24) is 0 Å². The summed E-state index contributed by atoms with van der Waals surface area (Å²) in [6.45, 7) is 4.44. The molecular formula is C28H43KO3S. The van der Waals surface area contributed by atoms with Crippen molar-refractivity contribution < 1.29 is 64.4 Å². The van der Waals surface area contributed by atoms with E-state index >= 15 is 0 Å². The van der Waals surface area contributed by atoms with Crippen LogP contribution in [0.4, 0.5) is 0 Å². The minimum Gasteiger partial charge on any atom is -0.744 e. The van der Waals surface area contributed by atoms with Crippen LogP contribution in [0.3, 0.4) is 0 Å². The Labute approximate surface area is 245 Å². The summed E-state index contributed by atoms with van der Waals surface area (Å²) in [5, 5.41) is 1.54. The van der Waals surface area contributed by atoms with Gasteiger partial charge in [-0.15, -0.1) is 0 Å². The van der Waals surface area contributed by atoms with E-state index in [0.29, 0.717) is 17.4 Å². The molecule has 0 atom stereocenters. The first-order valence-electron chi connectivity index (χ1n) is 13.0. The summed E-state index contributed by atoms with van der Waals surface area (Å²) in [6, 6.07) is 9.77. The molecule has 3 nitrogen and oxygen atoms in total. The molecule has 2 aromatic rings. The third kappa shape index (κ3) is 11.2. The molecule has 0 spiro atoms. The van der Waals surface area contributed by atoms with Gasteiger partial charge in [0.15, 0.2) is 0 Å². The van der Waals surface area contributed by atoms with Crippen LogP contribution in [0.15, 0.2) is 35.2 Å². The third-order valence-electron chi connectivity index (χ3n) is 6.52. The van der Waals surface area contributed by atoms with E-state index in [1.807, 2.05) is 30.3 Å². The topological polar surface area (TPSA) is 57.2 Å². The summed E-state index contributed by atoms with van der Waals surface area (Å²) in [6.07, 6.45) is 18.2. The smallest absolute Gasteiger partial charge is 0.744 e. The van der Waals surface area contributed by atoms with E-state index in [4.69, 9.17) is 0 Å². The zero-order chi connectivity index (χ0) is 23.2. The van der Waals surface area contributed by atoms with Crippen molar-refractivity contribution >= 4 is 20.9 Å². The van der Waals surface area contributed by atoms with E-state index in [2.05, 4.69) is 13.8 Å². The molecule has 0 aliphatic rings. The predicted molar refractivity (Wildman–Crippen MR) is 135 cm³/mol. The Morgan fingerprint density at radius 3 is 1.64 bits per heavy atom. The van der Waals surface area contributed by atoms with Crippen LogP contribution in [-0.2, 0) is 23.0 Å². The Balaban J connectivity index is 0.00000544. The van der Waals surface area contributed by atoms with Crippen LogP contribution < -0.4 is 51.4 Å². The first-order chi connectivity index (χ1) is 15.5. The minimum atomic E-state index is -4.53. The molecule has 0 aliphatic heterocycles. The van der Waals surface area contributed by atoms with Crippen LogP contribution in [0, 0.1) is 0 Å². The van der Waals surface area contributed by atoms with E-state index in [1.165, 1.54) is 64.2 Å². The monoisotopic (exact) mass is 498 g/mol. The molecule has 0 heterocycles. The fraction of sp³-hybridized carbons (Fsp3) is 0.643. The number of rotatable bonds is 17. The number of benzene rings is 2. The molecule has 0 unspecified atom stereocenters. The van der Waals surface area contributed by atoms with E-state index in [0.717, 1.165) is 43.1 Å². The third-order valence-corrected chi connectivity index (χ3v) is 7.48. The minimum absolute atomic E-state index is 0. The van der Waals surface area contributed by atoms with Gasteiger partial charge >= 0.3 is 51.4 Å². The van der Waals surface area contributed by atoms with Gasteiger partial charge in [-0.3, -0.25) is 0 Å². The zero-order valence-electron chi connectivity index (χ0n) is 21.3. The number of hydrogen-bond acceptors (Lipinski definition) is 3. The normalized spacial score (nSPS) is 11.6. The van der Waals surface area contributed by atoms with Crippen LogP contribution in [-0.4, -0.2) is 13.0 Å². The number of aryl methyl sites for hydroxylation is 2. The molecule has 33 heavy (non-hydrogen) atoms. The Kier molecular flexibility index (Phi) is 16.7. The maximum atomic E-state index is 12.3. The second kappa shape index (κ2) is 17.6. The Morgan fingerprint density at radius 1 is 0.636 bits per heavy atom. The molecule has 2 rings (SSSR count). The molecule has 5 heteroatoms. The average Bonchev–Trinajstić information content (AvgIpc) is 2.77. The van der Waals surface area contributed by atoms with Gasteiger partial charge in [-0.25, -0.2) is 8.42 Å². The second-order valence-corrected chi connectivity index (χ2v) is 10.6. The molecule has 0 N–H and O–H groups in total. The van der Waals surface area contributed by atoms with Crippen LogP contribution in [0.5, 0.6) is 0 Å². The van der Waals surface area contributed by atoms with Gasteiger partial charge in [0, 0.05) is 5.39 Å². The quantitative estimate of drug-likeness (QED) is 0.168.